The Kier molecular flexibility index (Phi) is 3.16. The molecule has 0 aliphatic carbocycles. The fraction of sp³-hybridized carbons (Fsp3) is 0.462. The molecule has 1 unspecified atom stereocenters. The van der Waals surface area contributed by atoms with E-state index in [4.69, 9.17) is 10.5 Å². The van der Waals surface area contributed by atoms with Gasteiger partial charge in [0.1, 0.15) is 0 Å². The number of ether oxygens (including phenoxy) is 1. The SMILES string of the molecule is Cc1c(N)cccc1-c1nnnn1CC1CCOC1. The third kappa shape index (κ3) is 2.31. The minimum atomic E-state index is 0.489. The number of nitrogen functional groups attached to an aromatic ring is 1. The summed E-state index contributed by atoms with van der Waals surface area (Å²) in [7, 11) is 0. The minimum Gasteiger partial charge on any atom is -0.398 e. The summed E-state index contributed by atoms with van der Waals surface area (Å²) in [4.78, 5) is 0. The molecule has 1 saturated heterocycles. The molecule has 1 aliphatic heterocycles. The molecule has 2 N–H and O–H groups in total. The van der Waals surface area contributed by atoms with Crippen LogP contribution < -0.4 is 5.73 Å². The van der Waals surface area contributed by atoms with Crippen molar-refractivity contribution in [2.24, 2.45) is 5.92 Å². The van der Waals surface area contributed by atoms with Crippen LogP contribution in [0.5, 0.6) is 0 Å². The zero-order valence-corrected chi connectivity index (χ0v) is 10.9. The van der Waals surface area contributed by atoms with Crippen LogP contribution in [0, 0.1) is 12.8 Å². The van der Waals surface area contributed by atoms with Crippen molar-refractivity contribution in [3.05, 3.63) is 23.8 Å². The van der Waals surface area contributed by atoms with E-state index in [1.54, 1.807) is 0 Å². The molecular formula is C13H17N5O. The Morgan fingerprint density at radius 1 is 1.47 bits per heavy atom. The van der Waals surface area contributed by atoms with Crippen molar-refractivity contribution in [2.45, 2.75) is 19.9 Å². The lowest BCUT2D eigenvalue weighted by Gasteiger charge is -2.11. The highest BCUT2D eigenvalue weighted by Crippen LogP contribution is 2.25. The summed E-state index contributed by atoms with van der Waals surface area (Å²) < 4.78 is 7.24. The van der Waals surface area contributed by atoms with Crippen molar-refractivity contribution < 1.29 is 4.74 Å². The Morgan fingerprint density at radius 3 is 3.16 bits per heavy atom. The summed E-state index contributed by atoms with van der Waals surface area (Å²) in [5, 5.41) is 12.0. The van der Waals surface area contributed by atoms with E-state index in [1.165, 1.54) is 0 Å². The van der Waals surface area contributed by atoms with Crippen LogP contribution in [0.25, 0.3) is 11.4 Å². The Hall–Kier alpha value is -1.95. The van der Waals surface area contributed by atoms with Crippen molar-refractivity contribution in [2.75, 3.05) is 18.9 Å². The summed E-state index contributed by atoms with van der Waals surface area (Å²) in [5.74, 6) is 1.26. The second kappa shape index (κ2) is 4.97. The third-order valence-electron chi connectivity index (χ3n) is 3.60. The Bertz CT molecular complexity index is 574. The highest BCUT2D eigenvalue weighted by molar-refractivity contribution is 5.67. The van der Waals surface area contributed by atoms with Gasteiger partial charge in [0.15, 0.2) is 5.82 Å². The Balaban J connectivity index is 1.92. The average molecular weight is 259 g/mol. The molecule has 0 saturated carbocycles. The molecule has 1 aromatic carbocycles. The molecule has 2 aromatic rings. The van der Waals surface area contributed by atoms with Crippen LogP contribution in [0.1, 0.15) is 12.0 Å². The number of nitrogens with zero attached hydrogens (tertiary/aromatic N) is 4. The van der Waals surface area contributed by atoms with Crippen molar-refractivity contribution >= 4 is 5.69 Å². The fourth-order valence-corrected chi connectivity index (χ4v) is 2.39. The maximum absolute atomic E-state index is 5.94. The number of hydrogen-bond donors (Lipinski definition) is 1. The zero-order chi connectivity index (χ0) is 13.2. The maximum atomic E-state index is 5.94. The van der Waals surface area contributed by atoms with E-state index in [2.05, 4.69) is 15.5 Å². The van der Waals surface area contributed by atoms with Crippen LogP contribution >= 0.6 is 0 Å². The van der Waals surface area contributed by atoms with Gasteiger partial charge in [-0.05, 0) is 35.4 Å². The van der Waals surface area contributed by atoms with Gasteiger partial charge < -0.3 is 10.5 Å². The zero-order valence-electron chi connectivity index (χ0n) is 10.9. The number of aromatic nitrogens is 4. The van der Waals surface area contributed by atoms with Gasteiger partial charge in [0.2, 0.25) is 0 Å². The van der Waals surface area contributed by atoms with E-state index >= 15 is 0 Å². The topological polar surface area (TPSA) is 78.9 Å². The lowest BCUT2D eigenvalue weighted by atomic mass is 10.1. The van der Waals surface area contributed by atoms with E-state index in [0.717, 1.165) is 48.8 Å². The standard InChI is InChI=1S/C13H17N5O/c1-9-11(3-2-4-12(9)14)13-15-16-17-18(13)7-10-5-6-19-8-10/h2-4,10H,5-8,14H2,1H3. The van der Waals surface area contributed by atoms with Crippen LogP contribution in [-0.2, 0) is 11.3 Å². The van der Waals surface area contributed by atoms with Gasteiger partial charge in [0, 0.05) is 23.8 Å². The number of nitrogens with two attached hydrogens (primary N) is 1. The van der Waals surface area contributed by atoms with Crippen LogP contribution in [-0.4, -0.2) is 33.4 Å². The number of rotatable bonds is 3. The van der Waals surface area contributed by atoms with Gasteiger partial charge in [-0.15, -0.1) is 5.10 Å². The first-order valence-corrected chi connectivity index (χ1v) is 6.45. The van der Waals surface area contributed by atoms with E-state index in [0.29, 0.717) is 5.92 Å². The number of tetrazole rings is 1. The summed E-state index contributed by atoms with van der Waals surface area (Å²) >= 11 is 0. The van der Waals surface area contributed by atoms with Crippen molar-refractivity contribution in [1.82, 2.24) is 20.2 Å². The summed E-state index contributed by atoms with van der Waals surface area (Å²) in [6.45, 7) is 4.40. The molecule has 6 nitrogen and oxygen atoms in total. The van der Waals surface area contributed by atoms with E-state index < -0.39 is 0 Å². The van der Waals surface area contributed by atoms with Crippen molar-refractivity contribution in [3.8, 4) is 11.4 Å². The largest absolute Gasteiger partial charge is 0.398 e. The first-order valence-electron chi connectivity index (χ1n) is 6.45. The molecule has 0 bridgehead atoms. The summed E-state index contributed by atoms with van der Waals surface area (Å²) in [6, 6.07) is 5.81. The molecule has 1 aliphatic rings. The third-order valence-corrected chi connectivity index (χ3v) is 3.60. The van der Waals surface area contributed by atoms with Crippen molar-refractivity contribution in [3.63, 3.8) is 0 Å². The molecule has 1 aromatic heterocycles. The molecule has 0 radical (unpaired) electrons. The number of anilines is 1. The molecule has 1 atom stereocenters. The molecule has 6 heteroatoms. The highest BCUT2D eigenvalue weighted by Gasteiger charge is 2.20. The van der Waals surface area contributed by atoms with Gasteiger partial charge in [-0.2, -0.15) is 0 Å². The van der Waals surface area contributed by atoms with E-state index in [9.17, 15) is 0 Å². The van der Waals surface area contributed by atoms with Gasteiger partial charge in [-0.1, -0.05) is 12.1 Å². The van der Waals surface area contributed by atoms with Gasteiger partial charge >= 0.3 is 0 Å². The second-order valence-electron chi connectivity index (χ2n) is 4.93. The highest BCUT2D eigenvalue weighted by atomic mass is 16.5. The molecule has 100 valence electrons. The lowest BCUT2D eigenvalue weighted by molar-refractivity contribution is 0.181. The smallest absolute Gasteiger partial charge is 0.182 e. The van der Waals surface area contributed by atoms with Crippen LogP contribution in [0.15, 0.2) is 18.2 Å². The first kappa shape index (κ1) is 12.1. The molecule has 0 spiro atoms. The number of hydrogen-bond acceptors (Lipinski definition) is 5. The predicted molar refractivity (Wildman–Crippen MR) is 71.3 cm³/mol. The van der Waals surface area contributed by atoms with Crippen LogP contribution in [0.2, 0.25) is 0 Å². The summed E-state index contributed by atoms with van der Waals surface area (Å²) in [6.07, 6.45) is 1.06. The van der Waals surface area contributed by atoms with Crippen LogP contribution in [0.3, 0.4) is 0 Å². The predicted octanol–water partition coefficient (Wildman–Crippen LogP) is 1.27. The number of benzene rings is 1. The molecule has 2 heterocycles. The second-order valence-corrected chi connectivity index (χ2v) is 4.93. The van der Waals surface area contributed by atoms with E-state index in [1.807, 2.05) is 29.8 Å². The molecule has 19 heavy (non-hydrogen) atoms. The summed E-state index contributed by atoms with van der Waals surface area (Å²) in [5.41, 5.74) is 8.71. The van der Waals surface area contributed by atoms with Gasteiger partial charge in [-0.25, -0.2) is 4.68 Å². The molecule has 0 amide bonds. The minimum absolute atomic E-state index is 0.489. The first-order chi connectivity index (χ1) is 9.25. The molecule has 3 rings (SSSR count). The van der Waals surface area contributed by atoms with Crippen LogP contribution in [0.4, 0.5) is 5.69 Å². The normalized spacial score (nSPS) is 18.9. The van der Waals surface area contributed by atoms with Crippen molar-refractivity contribution in [1.29, 1.82) is 0 Å². The quantitative estimate of drug-likeness (QED) is 0.840. The van der Waals surface area contributed by atoms with Gasteiger partial charge in [0.25, 0.3) is 0 Å². The average Bonchev–Trinajstić information content (AvgIpc) is 3.05. The van der Waals surface area contributed by atoms with Gasteiger partial charge in [-0.3, -0.25) is 0 Å². The Morgan fingerprint density at radius 2 is 2.37 bits per heavy atom. The fourth-order valence-electron chi connectivity index (χ4n) is 2.39. The lowest BCUT2D eigenvalue weighted by Crippen LogP contribution is -2.13. The maximum Gasteiger partial charge on any atom is 0.182 e. The van der Waals surface area contributed by atoms with E-state index in [-0.39, 0.29) is 0 Å². The Labute approximate surface area is 111 Å². The molecule has 1 fully saturated rings. The monoisotopic (exact) mass is 259 g/mol. The molecular weight excluding hydrogens is 242 g/mol. The van der Waals surface area contributed by atoms with Gasteiger partial charge in [0.05, 0.1) is 13.2 Å².